The van der Waals surface area contributed by atoms with Gasteiger partial charge in [-0.3, -0.25) is 0 Å². The molecule has 3 aromatic rings. The van der Waals surface area contributed by atoms with Gasteiger partial charge >= 0.3 is 0 Å². The summed E-state index contributed by atoms with van der Waals surface area (Å²) in [7, 11) is 0. The molecule has 2 aliphatic rings. The normalized spacial score (nSPS) is 16.4. The van der Waals surface area contributed by atoms with Crippen molar-refractivity contribution in [3.8, 4) is 0 Å². The molecule has 0 radical (unpaired) electrons. The van der Waals surface area contributed by atoms with E-state index in [4.69, 9.17) is 0 Å². The second kappa shape index (κ2) is 5.41. The van der Waals surface area contributed by atoms with Crippen LogP contribution in [0, 0.1) is 0 Å². The van der Waals surface area contributed by atoms with Crippen LogP contribution < -0.4 is 5.32 Å². The van der Waals surface area contributed by atoms with Crippen LogP contribution in [0.2, 0.25) is 0 Å². The Hall–Kier alpha value is -2.74. The molecule has 0 atom stereocenters. The predicted molar refractivity (Wildman–Crippen MR) is 91.2 cm³/mol. The Labute approximate surface area is 142 Å². The quantitative estimate of drug-likeness (QED) is 0.771. The standard InChI is InChI=1S/C16H13N7S/c1-2-13-11(22-14-16(24-13)19-4-3-18-14)5-10(1)7-23-9-21-12-6-17-8-20-15(12)23/h3-6,8-9H,1-2,7H2,(H,18,22). The molecule has 1 N–H and O–H groups in total. The van der Waals surface area contributed by atoms with Gasteiger partial charge < -0.3 is 9.88 Å². The second-order valence-corrected chi connectivity index (χ2v) is 6.76. The largest absolute Gasteiger partial charge is 0.337 e. The Morgan fingerprint density at radius 2 is 2.08 bits per heavy atom. The number of thioether (sulfide) groups is 1. The van der Waals surface area contributed by atoms with Crippen LogP contribution in [0.1, 0.15) is 12.8 Å². The van der Waals surface area contributed by atoms with Gasteiger partial charge in [0.05, 0.1) is 12.5 Å². The van der Waals surface area contributed by atoms with Gasteiger partial charge in [-0.2, -0.15) is 0 Å². The van der Waals surface area contributed by atoms with E-state index in [9.17, 15) is 0 Å². The van der Waals surface area contributed by atoms with E-state index in [0.29, 0.717) is 0 Å². The van der Waals surface area contributed by atoms with Crippen LogP contribution in [-0.2, 0) is 6.54 Å². The summed E-state index contributed by atoms with van der Waals surface area (Å²) < 4.78 is 2.07. The predicted octanol–water partition coefficient (Wildman–Crippen LogP) is 2.77. The van der Waals surface area contributed by atoms with Crippen molar-refractivity contribution in [1.29, 1.82) is 0 Å². The molecule has 0 spiro atoms. The van der Waals surface area contributed by atoms with Crippen LogP contribution in [0.5, 0.6) is 0 Å². The van der Waals surface area contributed by atoms with Crippen molar-refractivity contribution in [2.75, 3.05) is 5.32 Å². The van der Waals surface area contributed by atoms with E-state index in [-0.39, 0.29) is 0 Å². The zero-order valence-corrected chi connectivity index (χ0v) is 13.5. The Morgan fingerprint density at radius 1 is 1.12 bits per heavy atom. The van der Waals surface area contributed by atoms with Crippen molar-refractivity contribution >= 4 is 28.7 Å². The molecule has 1 aliphatic carbocycles. The number of aromatic nitrogens is 6. The number of imidazole rings is 1. The van der Waals surface area contributed by atoms with Gasteiger partial charge in [0.25, 0.3) is 0 Å². The van der Waals surface area contributed by atoms with E-state index in [1.54, 1.807) is 36.7 Å². The molecular weight excluding hydrogens is 322 g/mol. The molecule has 0 unspecified atom stereocenters. The number of hydrogen-bond acceptors (Lipinski definition) is 7. The maximum Gasteiger partial charge on any atom is 0.163 e. The minimum Gasteiger partial charge on any atom is -0.337 e. The van der Waals surface area contributed by atoms with E-state index in [1.165, 1.54) is 10.5 Å². The third kappa shape index (κ3) is 2.26. The summed E-state index contributed by atoms with van der Waals surface area (Å²) in [6, 6.07) is 0. The van der Waals surface area contributed by atoms with Crippen LogP contribution >= 0.6 is 11.8 Å². The zero-order chi connectivity index (χ0) is 15.9. The summed E-state index contributed by atoms with van der Waals surface area (Å²) in [6.07, 6.45) is 12.8. The fourth-order valence-corrected chi connectivity index (χ4v) is 3.95. The van der Waals surface area contributed by atoms with Crippen molar-refractivity contribution in [2.45, 2.75) is 24.4 Å². The topological polar surface area (TPSA) is 81.4 Å². The number of nitrogens with one attached hydrogen (secondary N) is 1. The second-order valence-electron chi connectivity index (χ2n) is 5.68. The molecule has 24 heavy (non-hydrogen) atoms. The smallest absolute Gasteiger partial charge is 0.163 e. The molecular formula is C16H13N7S. The van der Waals surface area contributed by atoms with E-state index in [0.717, 1.165) is 47.1 Å². The molecule has 0 saturated heterocycles. The van der Waals surface area contributed by atoms with Gasteiger partial charge in [-0.25, -0.2) is 24.9 Å². The fraction of sp³-hybridized carbons (Fsp3) is 0.188. The molecule has 0 bridgehead atoms. The highest BCUT2D eigenvalue weighted by Gasteiger charge is 2.23. The van der Waals surface area contributed by atoms with E-state index in [2.05, 4.69) is 40.9 Å². The Bertz CT molecular complexity index is 1000. The van der Waals surface area contributed by atoms with Gasteiger partial charge in [-0.15, -0.1) is 0 Å². The minimum absolute atomic E-state index is 0.782. The number of rotatable bonds is 2. The Kier molecular flexibility index (Phi) is 3.08. The molecule has 118 valence electrons. The average Bonchev–Trinajstić information content (AvgIpc) is 3.03. The molecule has 5 rings (SSSR count). The summed E-state index contributed by atoms with van der Waals surface area (Å²) in [4.78, 5) is 22.8. The maximum absolute atomic E-state index is 4.38. The average molecular weight is 335 g/mol. The first-order chi connectivity index (χ1) is 11.9. The lowest BCUT2D eigenvalue weighted by atomic mass is 10.0. The number of hydrogen-bond donors (Lipinski definition) is 1. The van der Waals surface area contributed by atoms with Gasteiger partial charge in [-0.05, 0) is 24.5 Å². The van der Waals surface area contributed by atoms with Gasteiger partial charge in [0, 0.05) is 29.5 Å². The van der Waals surface area contributed by atoms with Gasteiger partial charge in [0.2, 0.25) is 0 Å². The summed E-state index contributed by atoms with van der Waals surface area (Å²) in [5.41, 5.74) is 4.16. The highest BCUT2D eigenvalue weighted by molar-refractivity contribution is 8.03. The van der Waals surface area contributed by atoms with Gasteiger partial charge in [0.1, 0.15) is 16.9 Å². The monoisotopic (exact) mass is 335 g/mol. The van der Waals surface area contributed by atoms with Gasteiger partial charge in [-0.1, -0.05) is 11.8 Å². The highest BCUT2D eigenvalue weighted by Crippen LogP contribution is 2.42. The minimum atomic E-state index is 0.782. The number of anilines is 1. The summed E-state index contributed by atoms with van der Waals surface area (Å²) in [6.45, 7) is 0.782. The molecule has 7 nitrogen and oxygen atoms in total. The molecule has 0 saturated carbocycles. The van der Waals surface area contributed by atoms with Crippen LogP contribution in [0.25, 0.3) is 11.2 Å². The molecule has 0 fully saturated rings. The van der Waals surface area contributed by atoms with Crippen LogP contribution in [0.3, 0.4) is 0 Å². The summed E-state index contributed by atoms with van der Waals surface area (Å²) in [5, 5.41) is 4.35. The first-order valence-corrected chi connectivity index (χ1v) is 8.48. The van der Waals surface area contributed by atoms with Crippen molar-refractivity contribution in [2.24, 2.45) is 0 Å². The van der Waals surface area contributed by atoms with Crippen molar-refractivity contribution < 1.29 is 0 Å². The summed E-state index contributed by atoms with van der Waals surface area (Å²) in [5.74, 6) is 0.833. The SMILES string of the molecule is C1=C(Cn2cnc3cncnc32)CCC2=C1Nc1nccnc1S2. The lowest BCUT2D eigenvalue weighted by Crippen LogP contribution is -2.14. The summed E-state index contributed by atoms with van der Waals surface area (Å²) >= 11 is 1.71. The lowest BCUT2D eigenvalue weighted by molar-refractivity contribution is 0.742. The lowest BCUT2D eigenvalue weighted by Gasteiger charge is -2.25. The third-order valence-corrected chi connectivity index (χ3v) is 5.28. The first kappa shape index (κ1) is 13.7. The molecule has 1 aliphatic heterocycles. The Balaban J connectivity index is 1.45. The van der Waals surface area contributed by atoms with E-state index in [1.807, 2.05) is 6.33 Å². The van der Waals surface area contributed by atoms with E-state index >= 15 is 0 Å². The third-order valence-electron chi connectivity index (χ3n) is 4.11. The highest BCUT2D eigenvalue weighted by atomic mass is 32.2. The zero-order valence-electron chi connectivity index (χ0n) is 12.7. The molecule has 3 aromatic heterocycles. The van der Waals surface area contributed by atoms with Crippen LogP contribution in [-0.4, -0.2) is 29.5 Å². The molecule has 8 heteroatoms. The fourth-order valence-electron chi connectivity index (χ4n) is 2.98. The van der Waals surface area contributed by atoms with Crippen molar-refractivity contribution in [1.82, 2.24) is 29.5 Å². The van der Waals surface area contributed by atoms with Crippen LogP contribution in [0.4, 0.5) is 5.82 Å². The van der Waals surface area contributed by atoms with Gasteiger partial charge in [0.15, 0.2) is 11.5 Å². The molecule has 4 heterocycles. The number of nitrogens with zero attached hydrogens (tertiary/aromatic N) is 6. The Morgan fingerprint density at radius 3 is 3.08 bits per heavy atom. The maximum atomic E-state index is 4.38. The van der Waals surface area contributed by atoms with Crippen LogP contribution in [0.15, 0.2) is 58.5 Å². The van der Waals surface area contributed by atoms with Crippen molar-refractivity contribution in [3.05, 3.63) is 53.5 Å². The van der Waals surface area contributed by atoms with Crippen molar-refractivity contribution in [3.63, 3.8) is 0 Å². The number of allylic oxidation sites excluding steroid dienone is 3. The van der Waals surface area contributed by atoms with E-state index < -0.39 is 0 Å². The first-order valence-electron chi connectivity index (χ1n) is 7.66. The number of fused-ring (bicyclic) bond motifs is 2. The molecule has 0 aromatic carbocycles. The molecule has 0 amide bonds.